The van der Waals surface area contributed by atoms with Gasteiger partial charge in [0.15, 0.2) is 0 Å². The van der Waals surface area contributed by atoms with Crippen LogP contribution in [0.5, 0.6) is 0 Å². The Balaban J connectivity index is 2.82. The fraction of sp³-hybridized carbons (Fsp3) is 0.125. The third-order valence-electron chi connectivity index (χ3n) is 1.79. The van der Waals surface area contributed by atoms with Gasteiger partial charge in [-0.3, -0.25) is 9.98 Å². The number of aliphatic carboxylic acids is 1. The van der Waals surface area contributed by atoms with E-state index in [0.717, 1.165) is 0 Å². The quantitative estimate of drug-likeness (QED) is 0.573. The van der Waals surface area contributed by atoms with E-state index in [2.05, 4.69) is 9.98 Å². The van der Waals surface area contributed by atoms with Gasteiger partial charge >= 0.3 is 5.97 Å². The number of carbonyl (C=O) groups is 1. The molecule has 1 N–H and O–H groups in total. The normalized spacial score (nSPS) is 13.8. The van der Waals surface area contributed by atoms with Gasteiger partial charge in [-0.25, -0.2) is 4.79 Å². The van der Waals surface area contributed by atoms with Crippen LogP contribution in [0.2, 0.25) is 0 Å². The number of nitrogens with zero attached hydrogens (tertiary/aromatic N) is 2. The Labute approximate surface area is 67.9 Å². The van der Waals surface area contributed by atoms with Crippen molar-refractivity contribution in [2.45, 2.75) is 0 Å². The first-order valence-electron chi connectivity index (χ1n) is 3.50. The van der Waals surface area contributed by atoms with Crippen LogP contribution in [-0.4, -0.2) is 22.6 Å². The number of rotatable bonds is 1. The van der Waals surface area contributed by atoms with Crippen molar-refractivity contribution in [2.75, 3.05) is 6.54 Å². The highest BCUT2D eigenvalue weighted by molar-refractivity contribution is 6.09. The van der Waals surface area contributed by atoms with Crippen LogP contribution in [0.3, 0.4) is 0 Å². The minimum atomic E-state index is -0.899. The second-order valence-electron chi connectivity index (χ2n) is 2.49. The Morgan fingerprint density at radius 1 is 1.58 bits per heavy atom. The first-order valence-corrected chi connectivity index (χ1v) is 3.50. The van der Waals surface area contributed by atoms with E-state index in [4.69, 9.17) is 5.11 Å². The first kappa shape index (κ1) is 6.97. The summed E-state index contributed by atoms with van der Waals surface area (Å²) in [5.41, 5.74) is 0.354. The zero-order valence-corrected chi connectivity index (χ0v) is 6.19. The largest absolute Gasteiger partial charge is 0.478 e. The molecule has 0 bridgehead atoms. The molecule has 0 aliphatic carbocycles. The smallest absolute Gasteiger partial charge is 0.334 e. The van der Waals surface area contributed by atoms with Gasteiger partial charge in [0.25, 0.3) is 0 Å². The predicted molar refractivity (Wildman–Crippen MR) is 40.9 cm³/mol. The van der Waals surface area contributed by atoms with Crippen molar-refractivity contribution in [3.63, 3.8) is 0 Å². The molecule has 2 heterocycles. The lowest BCUT2D eigenvalue weighted by Crippen LogP contribution is -2.25. The molecule has 0 saturated heterocycles. The molecule has 0 atom stereocenters. The topological polar surface area (TPSA) is 62.5 Å². The van der Waals surface area contributed by atoms with E-state index in [1.807, 2.05) is 0 Å². The number of carboxylic acids is 1. The SMILES string of the molecule is O=C(O)C1=c2ccncc2=NC1. The summed E-state index contributed by atoms with van der Waals surface area (Å²) < 4.78 is 0. The summed E-state index contributed by atoms with van der Waals surface area (Å²) in [5.74, 6) is -0.899. The molecule has 0 spiro atoms. The summed E-state index contributed by atoms with van der Waals surface area (Å²) in [6, 6.07) is 1.68. The molecular weight excluding hydrogens is 156 g/mol. The number of carboxylic acid groups (broad SMARTS) is 1. The highest BCUT2D eigenvalue weighted by atomic mass is 16.4. The summed E-state index contributed by atoms with van der Waals surface area (Å²) in [5, 5.41) is 10.1. The van der Waals surface area contributed by atoms with Gasteiger partial charge in [-0.1, -0.05) is 0 Å². The highest BCUT2D eigenvalue weighted by Gasteiger charge is 2.12. The summed E-state index contributed by atoms with van der Waals surface area (Å²) >= 11 is 0. The third kappa shape index (κ3) is 0.887. The number of fused-ring (bicyclic) bond motifs is 1. The predicted octanol–water partition coefficient (Wildman–Crippen LogP) is -1.05. The molecule has 1 aliphatic heterocycles. The van der Waals surface area contributed by atoms with E-state index in [9.17, 15) is 4.79 Å². The van der Waals surface area contributed by atoms with Crippen LogP contribution < -0.4 is 10.6 Å². The van der Waals surface area contributed by atoms with Crippen LogP contribution >= 0.6 is 0 Å². The van der Waals surface area contributed by atoms with Crippen LogP contribution in [-0.2, 0) is 4.79 Å². The number of hydrogen-bond acceptors (Lipinski definition) is 3. The maximum atomic E-state index is 10.6. The monoisotopic (exact) mass is 162 g/mol. The number of hydrogen-bond donors (Lipinski definition) is 1. The van der Waals surface area contributed by atoms with Gasteiger partial charge in [-0.2, -0.15) is 0 Å². The lowest BCUT2D eigenvalue weighted by Gasteiger charge is -1.89. The molecule has 0 radical (unpaired) electrons. The van der Waals surface area contributed by atoms with E-state index in [1.165, 1.54) is 0 Å². The van der Waals surface area contributed by atoms with E-state index < -0.39 is 5.97 Å². The molecule has 60 valence electrons. The average Bonchev–Trinajstić information content (AvgIpc) is 2.47. The van der Waals surface area contributed by atoms with Gasteiger partial charge in [0.1, 0.15) is 0 Å². The van der Waals surface area contributed by atoms with Crippen LogP contribution in [0, 0.1) is 0 Å². The molecular formula is C8H6N2O2. The van der Waals surface area contributed by atoms with Crippen molar-refractivity contribution < 1.29 is 9.90 Å². The molecule has 1 aromatic rings. The van der Waals surface area contributed by atoms with Crippen molar-refractivity contribution >= 4 is 11.5 Å². The number of pyridine rings is 1. The standard InChI is InChI=1S/C8H6N2O2/c11-8(12)6-3-10-7-4-9-2-1-5(6)7/h1-2,4H,3H2,(H,11,12). The van der Waals surface area contributed by atoms with Crippen molar-refractivity contribution in [2.24, 2.45) is 4.99 Å². The first-order chi connectivity index (χ1) is 5.79. The van der Waals surface area contributed by atoms with Crippen LogP contribution in [0.1, 0.15) is 0 Å². The zero-order chi connectivity index (χ0) is 8.55. The maximum absolute atomic E-state index is 10.6. The molecule has 0 fully saturated rings. The lowest BCUT2D eigenvalue weighted by atomic mass is 10.2. The molecule has 0 unspecified atom stereocenters. The average molecular weight is 162 g/mol. The Morgan fingerprint density at radius 3 is 3.17 bits per heavy atom. The molecule has 12 heavy (non-hydrogen) atoms. The van der Waals surface area contributed by atoms with Crippen LogP contribution in [0.4, 0.5) is 0 Å². The zero-order valence-electron chi connectivity index (χ0n) is 6.19. The van der Waals surface area contributed by atoms with Crippen molar-refractivity contribution in [1.82, 2.24) is 4.98 Å². The van der Waals surface area contributed by atoms with Crippen LogP contribution in [0.25, 0.3) is 5.57 Å². The Morgan fingerprint density at radius 2 is 2.42 bits per heavy atom. The van der Waals surface area contributed by atoms with Gasteiger partial charge in [-0.15, -0.1) is 0 Å². The van der Waals surface area contributed by atoms with Gasteiger partial charge in [0.2, 0.25) is 0 Å². The minimum absolute atomic E-state index is 0.260. The van der Waals surface area contributed by atoms with E-state index in [0.29, 0.717) is 16.1 Å². The van der Waals surface area contributed by atoms with Crippen LogP contribution in [0.15, 0.2) is 23.5 Å². The molecule has 2 rings (SSSR count). The summed E-state index contributed by atoms with van der Waals surface area (Å²) in [7, 11) is 0. The van der Waals surface area contributed by atoms with Crippen molar-refractivity contribution in [3.05, 3.63) is 29.0 Å². The minimum Gasteiger partial charge on any atom is -0.478 e. The van der Waals surface area contributed by atoms with E-state index >= 15 is 0 Å². The van der Waals surface area contributed by atoms with E-state index in [-0.39, 0.29) is 6.54 Å². The molecule has 0 amide bonds. The van der Waals surface area contributed by atoms with E-state index in [1.54, 1.807) is 18.5 Å². The van der Waals surface area contributed by atoms with Crippen molar-refractivity contribution in [3.8, 4) is 0 Å². The fourth-order valence-electron chi connectivity index (χ4n) is 1.20. The molecule has 4 nitrogen and oxygen atoms in total. The van der Waals surface area contributed by atoms with Gasteiger partial charge in [0.05, 0.1) is 23.7 Å². The molecule has 1 aliphatic rings. The Bertz CT molecular complexity index is 450. The molecule has 0 saturated carbocycles. The molecule has 4 heteroatoms. The molecule has 1 aromatic heterocycles. The van der Waals surface area contributed by atoms with Gasteiger partial charge in [-0.05, 0) is 6.07 Å². The summed E-state index contributed by atoms with van der Waals surface area (Å²) in [6.45, 7) is 0.260. The van der Waals surface area contributed by atoms with Crippen molar-refractivity contribution in [1.29, 1.82) is 0 Å². The Hall–Kier alpha value is -1.71. The Kier molecular flexibility index (Phi) is 1.40. The lowest BCUT2D eigenvalue weighted by molar-refractivity contribution is -0.130. The maximum Gasteiger partial charge on any atom is 0.334 e. The summed E-state index contributed by atoms with van der Waals surface area (Å²) in [6.07, 6.45) is 3.15. The van der Waals surface area contributed by atoms with Gasteiger partial charge in [0, 0.05) is 11.4 Å². The number of aromatic nitrogens is 1. The molecule has 0 aromatic carbocycles. The fourth-order valence-corrected chi connectivity index (χ4v) is 1.20. The summed E-state index contributed by atoms with van der Waals surface area (Å²) in [4.78, 5) is 18.5. The highest BCUT2D eigenvalue weighted by Crippen LogP contribution is 1.95. The second kappa shape index (κ2) is 2.41. The second-order valence-corrected chi connectivity index (χ2v) is 2.49. The third-order valence-corrected chi connectivity index (χ3v) is 1.79. The van der Waals surface area contributed by atoms with Gasteiger partial charge < -0.3 is 5.11 Å².